The van der Waals surface area contributed by atoms with Crippen LogP contribution < -0.4 is 5.73 Å². The molecule has 20 heavy (non-hydrogen) atoms. The average molecular weight is 287 g/mol. The first-order valence-corrected chi connectivity index (χ1v) is 7.68. The molecule has 0 saturated carbocycles. The normalized spacial score (nSPS) is 18.4. The van der Waals surface area contributed by atoms with Gasteiger partial charge in [-0.1, -0.05) is 6.07 Å². The highest BCUT2D eigenvalue weighted by molar-refractivity contribution is 7.13. The monoisotopic (exact) mass is 287 g/mol. The van der Waals surface area contributed by atoms with Crippen molar-refractivity contribution in [2.24, 2.45) is 5.73 Å². The molecule has 0 bridgehead atoms. The summed E-state index contributed by atoms with van der Waals surface area (Å²) in [5, 5.41) is 2.02. The van der Waals surface area contributed by atoms with Gasteiger partial charge in [-0.15, -0.1) is 11.3 Å². The zero-order valence-corrected chi connectivity index (χ0v) is 12.0. The van der Waals surface area contributed by atoms with Crippen LogP contribution in [0.4, 0.5) is 0 Å². The van der Waals surface area contributed by atoms with E-state index in [0.717, 1.165) is 30.0 Å². The molecule has 104 valence electrons. The number of nitrogens with two attached hydrogens (primary N) is 1. The van der Waals surface area contributed by atoms with E-state index in [2.05, 4.69) is 4.98 Å². The zero-order valence-electron chi connectivity index (χ0n) is 11.2. The Kier molecular flexibility index (Phi) is 3.80. The van der Waals surface area contributed by atoms with E-state index in [9.17, 15) is 4.79 Å². The Labute approximate surface area is 122 Å². The van der Waals surface area contributed by atoms with Crippen LogP contribution >= 0.6 is 11.3 Å². The molecule has 0 aliphatic carbocycles. The molecule has 3 rings (SSSR count). The highest BCUT2D eigenvalue weighted by Crippen LogP contribution is 2.24. The molecule has 0 aromatic carbocycles. The molecule has 1 aliphatic rings. The van der Waals surface area contributed by atoms with Crippen molar-refractivity contribution in [1.29, 1.82) is 0 Å². The maximum Gasteiger partial charge on any atom is 0.255 e. The Morgan fingerprint density at radius 2 is 2.35 bits per heavy atom. The molecular formula is C15H17N3OS. The molecule has 1 fully saturated rings. The van der Waals surface area contributed by atoms with Crippen LogP contribution in [-0.4, -0.2) is 34.9 Å². The van der Waals surface area contributed by atoms with E-state index in [1.54, 1.807) is 17.5 Å². The van der Waals surface area contributed by atoms with Gasteiger partial charge < -0.3 is 10.6 Å². The molecule has 1 atom stereocenters. The Balaban J connectivity index is 1.79. The molecule has 0 radical (unpaired) electrons. The molecule has 1 amide bonds. The van der Waals surface area contributed by atoms with Crippen LogP contribution in [-0.2, 0) is 0 Å². The van der Waals surface area contributed by atoms with Crippen molar-refractivity contribution in [3.63, 3.8) is 0 Å². The van der Waals surface area contributed by atoms with Crippen LogP contribution in [0.2, 0.25) is 0 Å². The van der Waals surface area contributed by atoms with Gasteiger partial charge in [0.1, 0.15) is 0 Å². The number of thiophene rings is 1. The summed E-state index contributed by atoms with van der Waals surface area (Å²) in [6.45, 7) is 1.33. The second-order valence-electron chi connectivity index (χ2n) is 4.94. The predicted octanol–water partition coefficient (Wildman–Crippen LogP) is 2.37. The number of hydrogen-bond acceptors (Lipinski definition) is 4. The number of rotatable bonds is 3. The van der Waals surface area contributed by atoms with Gasteiger partial charge in [-0.3, -0.25) is 9.78 Å². The summed E-state index contributed by atoms with van der Waals surface area (Å²) >= 11 is 1.65. The summed E-state index contributed by atoms with van der Waals surface area (Å²) < 4.78 is 0. The van der Waals surface area contributed by atoms with E-state index in [1.165, 1.54) is 0 Å². The van der Waals surface area contributed by atoms with Crippen molar-refractivity contribution in [3.8, 4) is 10.6 Å². The summed E-state index contributed by atoms with van der Waals surface area (Å²) in [7, 11) is 0. The predicted molar refractivity (Wildman–Crippen MR) is 80.7 cm³/mol. The van der Waals surface area contributed by atoms with Crippen LogP contribution in [0.5, 0.6) is 0 Å². The third kappa shape index (κ3) is 2.46. The van der Waals surface area contributed by atoms with Gasteiger partial charge in [0.05, 0.1) is 16.1 Å². The Bertz CT molecular complexity index is 580. The van der Waals surface area contributed by atoms with Crippen molar-refractivity contribution in [2.75, 3.05) is 13.1 Å². The van der Waals surface area contributed by atoms with E-state index in [1.807, 2.05) is 34.5 Å². The van der Waals surface area contributed by atoms with Crippen molar-refractivity contribution >= 4 is 17.2 Å². The molecule has 5 heteroatoms. The van der Waals surface area contributed by atoms with Crippen LogP contribution in [0.15, 0.2) is 35.8 Å². The van der Waals surface area contributed by atoms with E-state index in [-0.39, 0.29) is 11.9 Å². The number of aromatic nitrogens is 1. The number of likely N-dealkylation sites (tertiary alicyclic amines) is 1. The molecule has 2 N–H and O–H groups in total. The molecule has 1 aliphatic heterocycles. The fraction of sp³-hybridized carbons (Fsp3) is 0.333. The van der Waals surface area contributed by atoms with E-state index in [4.69, 9.17) is 5.73 Å². The molecule has 4 nitrogen and oxygen atoms in total. The van der Waals surface area contributed by atoms with Crippen LogP contribution in [0.1, 0.15) is 23.2 Å². The van der Waals surface area contributed by atoms with Crippen LogP contribution in [0.25, 0.3) is 10.6 Å². The van der Waals surface area contributed by atoms with E-state index >= 15 is 0 Å². The summed E-state index contributed by atoms with van der Waals surface area (Å²) in [4.78, 5) is 19.8. The van der Waals surface area contributed by atoms with Gasteiger partial charge in [-0.05, 0) is 36.4 Å². The Morgan fingerprint density at radius 3 is 3.00 bits per heavy atom. The third-order valence-electron chi connectivity index (χ3n) is 3.69. The van der Waals surface area contributed by atoms with Gasteiger partial charge in [0, 0.05) is 25.3 Å². The highest BCUT2D eigenvalue weighted by Gasteiger charge is 2.28. The summed E-state index contributed by atoms with van der Waals surface area (Å²) in [5.41, 5.74) is 7.27. The average Bonchev–Trinajstić information content (AvgIpc) is 3.17. The fourth-order valence-corrected chi connectivity index (χ4v) is 3.31. The first-order valence-electron chi connectivity index (χ1n) is 6.80. The lowest BCUT2D eigenvalue weighted by atomic mass is 10.2. The van der Waals surface area contributed by atoms with Gasteiger partial charge in [0.15, 0.2) is 0 Å². The smallest absolute Gasteiger partial charge is 0.255 e. The van der Waals surface area contributed by atoms with Gasteiger partial charge in [-0.25, -0.2) is 0 Å². The number of amides is 1. The van der Waals surface area contributed by atoms with Gasteiger partial charge >= 0.3 is 0 Å². The second kappa shape index (κ2) is 5.73. The minimum atomic E-state index is 0.0446. The maximum absolute atomic E-state index is 12.4. The summed E-state index contributed by atoms with van der Waals surface area (Å²) in [5.74, 6) is 0.0446. The van der Waals surface area contributed by atoms with E-state index in [0.29, 0.717) is 12.1 Å². The SMILES string of the molecule is NCC1CCCN1C(=O)c1ccc(-c2cccs2)nc1. The molecule has 2 aromatic rings. The van der Waals surface area contributed by atoms with E-state index < -0.39 is 0 Å². The van der Waals surface area contributed by atoms with Crippen molar-refractivity contribution in [2.45, 2.75) is 18.9 Å². The lowest BCUT2D eigenvalue weighted by Crippen LogP contribution is -2.39. The minimum absolute atomic E-state index is 0.0446. The molecular weight excluding hydrogens is 270 g/mol. The lowest BCUT2D eigenvalue weighted by molar-refractivity contribution is 0.0741. The first-order chi connectivity index (χ1) is 9.79. The number of nitrogens with zero attached hydrogens (tertiary/aromatic N) is 2. The van der Waals surface area contributed by atoms with Crippen molar-refractivity contribution in [3.05, 3.63) is 41.4 Å². The molecule has 3 heterocycles. The molecule has 1 unspecified atom stereocenters. The minimum Gasteiger partial charge on any atom is -0.334 e. The number of hydrogen-bond donors (Lipinski definition) is 1. The topological polar surface area (TPSA) is 59.2 Å². The quantitative estimate of drug-likeness (QED) is 0.943. The van der Waals surface area contributed by atoms with Crippen LogP contribution in [0.3, 0.4) is 0 Å². The zero-order chi connectivity index (χ0) is 13.9. The van der Waals surface area contributed by atoms with Gasteiger partial charge in [0.2, 0.25) is 0 Å². The standard InChI is InChI=1S/C15H17N3OS/c16-9-12-3-1-7-18(12)15(19)11-5-6-13(17-10-11)14-4-2-8-20-14/h2,4-6,8,10,12H,1,3,7,9,16H2. The number of carbonyl (C=O) groups excluding carboxylic acids is 1. The lowest BCUT2D eigenvalue weighted by Gasteiger charge is -2.23. The number of carbonyl (C=O) groups is 1. The molecule has 2 aromatic heterocycles. The largest absolute Gasteiger partial charge is 0.334 e. The first kappa shape index (κ1) is 13.3. The molecule has 0 spiro atoms. The summed E-state index contributed by atoms with van der Waals surface area (Å²) in [6.07, 6.45) is 3.71. The number of pyridine rings is 1. The summed E-state index contributed by atoms with van der Waals surface area (Å²) in [6, 6.07) is 7.97. The fourth-order valence-electron chi connectivity index (χ4n) is 2.60. The maximum atomic E-state index is 12.4. The Hall–Kier alpha value is -1.72. The van der Waals surface area contributed by atoms with Gasteiger partial charge in [-0.2, -0.15) is 0 Å². The third-order valence-corrected chi connectivity index (χ3v) is 4.59. The van der Waals surface area contributed by atoms with Gasteiger partial charge in [0.25, 0.3) is 5.91 Å². The molecule has 1 saturated heterocycles. The highest BCUT2D eigenvalue weighted by atomic mass is 32.1. The van der Waals surface area contributed by atoms with Crippen molar-refractivity contribution in [1.82, 2.24) is 9.88 Å². The Morgan fingerprint density at radius 1 is 1.45 bits per heavy atom. The van der Waals surface area contributed by atoms with Crippen molar-refractivity contribution < 1.29 is 4.79 Å². The van der Waals surface area contributed by atoms with Crippen LogP contribution in [0, 0.1) is 0 Å². The second-order valence-corrected chi connectivity index (χ2v) is 5.89.